The Balaban J connectivity index is 1.68. The van der Waals surface area contributed by atoms with Crippen molar-refractivity contribution in [3.05, 3.63) is 102 Å². The summed E-state index contributed by atoms with van der Waals surface area (Å²) in [6.45, 7) is 0.224. The van der Waals surface area contributed by atoms with E-state index in [1.165, 1.54) is 28.9 Å². The van der Waals surface area contributed by atoms with Gasteiger partial charge < -0.3 is 10.1 Å². The van der Waals surface area contributed by atoms with Gasteiger partial charge in [0.2, 0.25) is 0 Å². The first kappa shape index (κ1) is 20.3. The minimum absolute atomic E-state index is 0.224. The van der Waals surface area contributed by atoms with Crippen LogP contribution in [0.4, 0.5) is 8.78 Å². The van der Waals surface area contributed by atoms with Crippen LogP contribution in [0.1, 0.15) is 16.1 Å². The highest BCUT2D eigenvalue weighted by Crippen LogP contribution is 2.25. The zero-order valence-corrected chi connectivity index (χ0v) is 16.7. The summed E-state index contributed by atoms with van der Waals surface area (Å²) in [6, 6.07) is 20.6. The van der Waals surface area contributed by atoms with Gasteiger partial charge in [-0.1, -0.05) is 24.3 Å². The number of hydrogen-bond acceptors (Lipinski definition) is 3. The molecule has 31 heavy (non-hydrogen) atoms. The van der Waals surface area contributed by atoms with Crippen molar-refractivity contribution >= 4 is 5.91 Å². The molecule has 0 aliphatic heterocycles. The number of aromatic nitrogens is 2. The fourth-order valence-electron chi connectivity index (χ4n) is 3.12. The van der Waals surface area contributed by atoms with Crippen LogP contribution in [0, 0.1) is 11.6 Å². The topological polar surface area (TPSA) is 56.1 Å². The van der Waals surface area contributed by atoms with Crippen LogP contribution in [0.25, 0.3) is 16.9 Å². The molecule has 1 heterocycles. The average molecular weight is 419 g/mol. The monoisotopic (exact) mass is 419 g/mol. The Kier molecular flexibility index (Phi) is 5.75. The van der Waals surface area contributed by atoms with E-state index in [4.69, 9.17) is 4.74 Å². The average Bonchev–Trinajstić information content (AvgIpc) is 3.25. The van der Waals surface area contributed by atoms with Gasteiger partial charge in [0.05, 0.1) is 18.5 Å². The molecule has 0 spiro atoms. The summed E-state index contributed by atoms with van der Waals surface area (Å²) in [5.74, 6) is -0.426. The highest BCUT2D eigenvalue weighted by Gasteiger charge is 2.18. The van der Waals surface area contributed by atoms with Gasteiger partial charge in [-0.15, -0.1) is 0 Å². The zero-order chi connectivity index (χ0) is 21.8. The summed E-state index contributed by atoms with van der Waals surface area (Å²) >= 11 is 0. The van der Waals surface area contributed by atoms with Crippen LogP contribution in [-0.2, 0) is 6.54 Å². The van der Waals surface area contributed by atoms with E-state index in [1.54, 1.807) is 37.4 Å². The van der Waals surface area contributed by atoms with Crippen molar-refractivity contribution in [2.45, 2.75) is 6.54 Å². The molecule has 1 aromatic heterocycles. The molecule has 0 bridgehead atoms. The van der Waals surface area contributed by atoms with Crippen LogP contribution >= 0.6 is 0 Å². The summed E-state index contributed by atoms with van der Waals surface area (Å²) in [4.78, 5) is 13.0. The molecule has 0 atom stereocenters. The van der Waals surface area contributed by atoms with Crippen LogP contribution in [0.3, 0.4) is 0 Å². The van der Waals surface area contributed by atoms with Crippen molar-refractivity contribution < 1.29 is 18.3 Å². The van der Waals surface area contributed by atoms with Crippen LogP contribution in [0.15, 0.2) is 78.9 Å². The first-order chi connectivity index (χ1) is 15.0. The molecule has 7 heteroatoms. The third-order valence-corrected chi connectivity index (χ3v) is 4.75. The number of nitrogens with one attached hydrogen (secondary N) is 1. The molecule has 0 saturated heterocycles. The van der Waals surface area contributed by atoms with Gasteiger partial charge in [0, 0.05) is 12.1 Å². The Hall–Kier alpha value is -4.00. The molecule has 0 aliphatic carbocycles. The van der Waals surface area contributed by atoms with E-state index < -0.39 is 0 Å². The number of rotatable bonds is 6. The SMILES string of the molecule is COc1cccc(-c2cc(C(=O)NCc3ccc(F)cc3)n(-c3ccc(F)cc3)n2)c1. The number of hydrogen-bond donors (Lipinski definition) is 1. The third kappa shape index (κ3) is 4.61. The number of nitrogens with zero attached hydrogens (tertiary/aromatic N) is 2. The van der Waals surface area contributed by atoms with Gasteiger partial charge in [0.15, 0.2) is 0 Å². The van der Waals surface area contributed by atoms with Gasteiger partial charge in [0.25, 0.3) is 5.91 Å². The molecule has 4 aromatic rings. The van der Waals surface area contributed by atoms with Gasteiger partial charge in [-0.05, 0) is 60.2 Å². The van der Waals surface area contributed by atoms with Crippen LogP contribution < -0.4 is 10.1 Å². The predicted molar refractivity (Wildman–Crippen MR) is 113 cm³/mol. The Labute approximate surface area is 177 Å². The second-order valence-electron chi connectivity index (χ2n) is 6.84. The highest BCUT2D eigenvalue weighted by molar-refractivity contribution is 5.94. The lowest BCUT2D eigenvalue weighted by atomic mass is 10.1. The van der Waals surface area contributed by atoms with E-state index in [9.17, 15) is 13.6 Å². The second kappa shape index (κ2) is 8.79. The summed E-state index contributed by atoms with van der Waals surface area (Å²) < 4.78 is 33.2. The maximum Gasteiger partial charge on any atom is 0.270 e. The molecular formula is C24H19F2N3O2. The van der Waals surface area contributed by atoms with Gasteiger partial charge >= 0.3 is 0 Å². The number of amides is 1. The molecule has 1 amide bonds. The van der Waals surface area contributed by atoms with Crippen molar-refractivity contribution in [1.82, 2.24) is 15.1 Å². The number of methoxy groups -OCH3 is 1. The molecule has 156 valence electrons. The van der Waals surface area contributed by atoms with Crippen molar-refractivity contribution in [2.75, 3.05) is 7.11 Å². The van der Waals surface area contributed by atoms with E-state index in [-0.39, 0.29) is 29.8 Å². The van der Waals surface area contributed by atoms with Crippen LogP contribution in [-0.4, -0.2) is 22.8 Å². The summed E-state index contributed by atoms with van der Waals surface area (Å²) in [6.07, 6.45) is 0. The molecule has 5 nitrogen and oxygen atoms in total. The maximum absolute atomic E-state index is 13.4. The Morgan fingerprint density at radius 3 is 2.32 bits per heavy atom. The molecule has 0 radical (unpaired) electrons. The standard InChI is InChI=1S/C24H19F2N3O2/c1-31-21-4-2-3-17(13-21)22-14-23(29(28-22)20-11-9-19(26)10-12-20)24(30)27-15-16-5-7-18(25)8-6-16/h2-14H,15H2,1H3,(H,27,30). The smallest absolute Gasteiger partial charge is 0.270 e. The lowest BCUT2D eigenvalue weighted by Crippen LogP contribution is -2.25. The lowest BCUT2D eigenvalue weighted by molar-refractivity contribution is 0.0943. The molecular weight excluding hydrogens is 400 g/mol. The summed E-state index contributed by atoms with van der Waals surface area (Å²) in [7, 11) is 1.57. The Morgan fingerprint density at radius 1 is 0.968 bits per heavy atom. The minimum atomic E-state index is -0.383. The molecule has 4 rings (SSSR count). The molecule has 0 aliphatic rings. The first-order valence-electron chi connectivity index (χ1n) is 9.56. The summed E-state index contributed by atoms with van der Waals surface area (Å²) in [5.41, 5.74) is 2.92. The van der Waals surface area contributed by atoms with Crippen molar-refractivity contribution in [3.63, 3.8) is 0 Å². The lowest BCUT2D eigenvalue weighted by Gasteiger charge is -2.08. The van der Waals surface area contributed by atoms with E-state index in [2.05, 4.69) is 10.4 Å². The zero-order valence-electron chi connectivity index (χ0n) is 16.7. The van der Waals surface area contributed by atoms with E-state index >= 15 is 0 Å². The molecule has 0 saturated carbocycles. The van der Waals surface area contributed by atoms with Crippen molar-refractivity contribution in [1.29, 1.82) is 0 Å². The molecule has 1 N–H and O–H groups in total. The van der Waals surface area contributed by atoms with Gasteiger partial charge in [0.1, 0.15) is 23.1 Å². The number of ether oxygens (including phenoxy) is 1. The highest BCUT2D eigenvalue weighted by atomic mass is 19.1. The van der Waals surface area contributed by atoms with Gasteiger partial charge in [-0.2, -0.15) is 5.10 Å². The van der Waals surface area contributed by atoms with E-state index in [0.717, 1.165) is 11.1 Å². The molecule has 0 unspecified atom stereocenters. The maximum atomic E-state index is 13.4. The number of carbonyl (C=O) groups is 1. The van der Waals surface area contributed by atoms with Crippen molar-refractivity contribution in [2.24, 2.45) is 0 Å². The second-order valence-corrected chi connectivity index (χ2v) is 6.84. The Morgan fingerprint density at radius 2 is 1.65 bits per heavy atom. The van der Waals surface area contributed by atoms with Crippen LogP contribution in [0.5, 0.6) is 5.75 Å². The molecule has 0 fully saturated rings. The normalized spacial score (nSPS) is 10.7. The third-order valence-electron chi connectivity index (χ3n) is 4.75. The largest absolute Gasteiger partial charge is 0.497 e. The number of benzene rings is 3. The van der Waals surface area contributed by atoms with Gasteiger partial charge in [-0.3, -0.25) is 4.79 Å². The quantitative estimate of drug-likeness (QED) is 0.490. The van der Waals surface area contributed by atoms with E-state index in [1.807, 2.05) is 24.3 Å². The fourth-order valence-corrected chi connectivity index (χ4v) is 3.12. The van der Waals surface area contributed by atoms with Crippen LogP contribution in [0.2, 0.25) is 0 Å². The summed E-state index contributed by atoms with van der Waals surface area (Å²) in [5, 5.41) is 7.39. The minimum Gasteiger partial charge on any atom is -0.497 e. The fraction of sp³-hybridized carbons (Fsp3) is 0.0833. The predicted octanol–water partition coefficient (Wildman–Crippen LogP) is 4.76. The number of halogens is 2. The Bertz CT molecular complexity index is 1200. The number of carbonyl (C=O) groups excluding carboxylic acids is 1. The van der Waals surface area contributed by atoms with Gasteiger partial charge in [-0.25, -0.2) is 13.5 Å². The molecule has 3 aromatic carbocycles. The van der Waals surface area contributed by atoms with Crippen molar-refractivity contribution in [3.8, 4) is 22.7 Å². The van der Waals surface area contributed by atoms with E-state index in [0.29, 0.717) is 17.1 Å². The first-order valence-corrected chi connectivity index (χ1v) is 9.56.